The third-order valence-electron chi connectivity index (χ3n) is 4.20. The van der Waals surface area contributed by atoms with Crippen LogP contribution < -0.4 is 5.32 Å². The Bertz CT molecular complexity index is 432. The van der Waals surface area contributed by atoms with Gasteiger partial charge in [0, 0.05) is 12.6 Å². The van der Waals surface area contributed by atoms with Gasteiger partial charge in [0.2, 0.25) is 0 Å². The van der Waals surface area contributed by atoms with Crippen LogP contribution in [0.5, 0.6) is 0 Å². The molecular weight excluding hydrogens is 244 g/mol. The normalized spacial score (nSPS) is 27.4. The number of nitrogens with zero attached hydrogens (tertiary/aromatic N) is 3. The van der Waals surface area contributed by atoms with Gasteiger partial charge in [-0.25, -0.2) is 0 Å². The van der Waals surface area contributed by atoms with Crippen molar-refractivity contribution in [2.75, 3.05) is 6.54 Å². The van der Waals surface area contributed by atoms with Crippen LogP contribution in [-0.4, -0.2) is 27.3 Å². The van der Waals surface area contributed by atoms with Crippen LogP contribution in [0.2, 0.25) is 0 Å². The van der Waals surface area contributed by atoms with Gasteiger partial charge in [0.15, 0.2) is 0 Å². The van der Waals surface area contributed by atoms with Crippen LogP contribution in [0.4, 0.5) is 5.69 Å². The minimum absolute atomic E-state index is 0.0557. The summed E-state index contributed by atoms with van der Waals surface area (Å²) in [7, 11) is 0. The molecule has 1 aliphatic rings. The lowest BCUT2D eigenvalue weighted by Gasteiger charge is -2.32. The molecular formula is C13H22N4O2. The second-order valence-electron chi connectivity index (χ2n) is 5.64. The van der Waals surface area contributed by atoms with Crippen LogP contribution in [-0.2, 0) is 6.54 Å². The minimum atomic E-state index is -0.416. The number of nitro groups is 1. The molecule has 1 fully saturated rings. The van der Waals surface area contributed by atoms with Crippen molar-refractivity contribution in [1.29, 1.82) is 0 Å². The molecule has 0 bridgehead atoms. The highest BCUT2D eigenvalue weighted by molar-refractivity contribution is 5.20. The molecule has 1 aromatic rings. The molecule has 0 saturated heterocycles. The molecule has 0 radical (unpaired) electrons. The monoisotopic (exact) mass is 266 g/mol. The molecule has 106 valence electrons. The van der Waals surface area contributed by atoms with Crippen LogP contribution in [0.25, 0.3) is 0 Å². The number of hydrogen-bond donors (Lipinski definition) is 1. The maximum Gasteiger partial charge on any atom is 0.306 e. The summed E-state index contributed by atoms with van der Waals surface area (Å²) in [5, 5.41) is 18.0. The maximum atomic E-state index is 10.5. The molecule has 1 heterocycles. The summed E-state index contributed by atoms with van der Waals surface area (Å²) in [6.07, 6.45) is 6.51. The van der Waals surface area contributed by atoms with Crippen LogP contribution in [0.1, 0.15) is 33.1 Å². The largest absolute Gasteiger partial charge is 0.312 e. The van der Waals surface area contributed by atoms with Crippen molar-refractivity contribution in [2.24, 2.45) is 11.8 Å². The molecule has 0 spiro atoms. The van der Waals surface area contributed by atoms with E-state index >= 15 is 0 Å². The fourth-order valence-corrected chi connectivity index (χ4v) is 2.69. The highest BCUT2D eigenvalue weighted by Crippen LogP contribution is 2.29. The Morgan fingerprint density at radius 2 is 2.26 bits per heavy atom. The fraction of sp³-hybridized carbons (Fsp3) is 0.769. The molecule has 1 saturated carbocycles. The molecule has 6 heteroatoms. The van der Waals surface area contributed by atoms with Gasteiger partial charge >= 0.3 is 5.69 Å². The van der Waals surface area contributed by atoms with Gasteiger partial charge in [-0.15, -0.1) is 0 Å². The lowest BCUT2D eigenvalue weighted by Crippen LogP contribution is -2.37. The Morgan fingerprint density at radius 3 is 2.89 bits per heavy atom. The van der Waals surface area contributed by atoms with Crippen LogP contribution >= 0.6 is 0 Å². The summed E-state index contributed by atoms with van der Waals surface area (Å²) in [4.78, 5) is 10.1. The average Bonchev–Trinajstić information content (AvgIpc) is 2.83. The van der Waals surface area contributed by atoms with Gasteiger partial charge in [-0.2, -0.15) is 5.10 Å². The van der Waals surface area contributed by atoms with Crippen LogP contribution in [0.3, 0.4) is 0 Å². The summed E-state index contributed by atoms with van der Waals surface area (Å²) >= 11 is 0. The van der Waals surface area contributed by atoms with Gasteiger partial charge in [-0.1, -0.05) is 13.8 Å². The zero-order chi connectivity index (χ0) is 13.8. The molecule has 1 aliphatic carbocycles. The third-order valence-corrected chi connectivity index (χ3v) is 4.20. The molecule has 3 atom stereocenters. The lowest BCUT2D eigenvalue weighted by atomic mass is 9.79. The van der Waals surface area contributed by atoms with Crippen molar-refractivity contribution in [3.63, 3.8) is 0 Å². The topological polar surface area (TPSA) is 73.0 Å². The van der Waals surface area contributed by atoms with Crippen LogP contribution in [0, 0.1) is 22.0 Å². The molecule has 2 rings (SSSR count). The van der Waals surface area contributed by atoms with E-state index in [4.69, 9.17) is 0 Å². The zero-order valence-corrected chi connectivity index (χ0v) is 11.6. The van der Waals surface area contributed by atoms with Gasteiger partial charge in [0.1, 0.15) is 12.4 Å². The van der Waals surface area contributed by atoms with E-state index in [1.54, 1.807) is 4.68 Å². The van der Waals surface area contributed by atoms with Gasteiger partial charge in [-0.3, -0.25) is 14.8 Å². The summed E-state index contributed by atoms with van der Waals surface area (Å²) in [6, 6.07) is 0.580. The molecule has 6 nitrogen and oxygen atoms in total. The summed E-state index contributed by atoms with van der Waals surface area (Å²) in [5.74, 6) is 1.60. The number of hydrogen-bond acceptors (Lipinski definition) is 4. The van der Waals surface area contributed by atoms with Gasteiger partial charge in [0.05, 0.1) is 11.5 Å². The standard InChI is InChI=1S/C13H22N4O2/c1-10-3-4-12(7-11(10)2)14-5-6-16-9-13(8-15-16)17(18)19/h8-12,14H,3-7H2,1-2H3/t10-,11+,12-/m1/s1. The van der Waals surface area contributed by atoms with Gasteiger partial charge in [-0.05, 0) is 31.1 Å². The summed E-state index contributed by atoms with van der Waals surface area (Å²) in [6.45, 7) is 6.12. The zero-order valence-electron chi connectivity index (χ0n) is 11.6. The number of nitrogens with one attached hydrogen (secondary N) is 1. The predicted molar refractivity (Wildman–Crippen MR) is 72.9 cm³/mol. The highest BCUT2D eigenvalue weighted by Gasteiger charge is 2.23. The van der Waals surface area contributed by atoms with E-state index in [-0.39, 0.29) is 5.69 Å². The molecule has 1 N–H and O–H groups in total. The molecule has 1 aromatic heterocycles. The molecule has 0 unspecified atom stereocenters. The van der Waals surface area contributed by atoms with Gasteiger partial charge < -0.3 is 5.32 Å². The van der Waals surface area contributed by atoms with Crippen molar-refractivity contribution >= 4 is 5.69 Å². The summed E-state index contributed by atoms with van der Waals surface area (Å²) in [5.41, 5.74) is 0.0557. The Kier molecular flexibility index (Phi) is 4.52. The van der Waals surface area contributed by atoms with E-state index in [9.17, 15) is 10.1 Å². The van der Waals surface area contributed by atoms with E-state index in [2.05, 4.69) is 24.3 Å². The second kappa shape index (κ2) is 6.14. The first-order valence-electron chi connectivity index (χ1n) is 6.96. The Morgan fingerprint density at radius 1 is 1.47 bits per heavy atom. The van der Waals surface area contributed by atoms with E-state index in [0.717, 1.165) is 18.4 Å². The predicted octanol–water partition coefficient (Wildman–Crippen LogP) is 2.21. The van der Waals surface area contributed by atoms with Gasteiger partial charge in [0.25, 0.3) is 0 Å². The highest BCUT2D eigenvalue weighted by atomic mass is 16.6. The number of rotatable bonds is 5. The van der Waals surface area contributed by atoms with Crippen molar-refractivity contribution in [3.05, 3.63) is 22.5 Å². The van der Waals surface area contributed by atoms with Crippen molar-refractivity contribution in [3.8, 4) is 0 Å². The Hall–Kier alpha value is -1.43. The summed E-state index contributed by atoms with van der Waals surface area (Å²) < 4.78 is 1.63. The molecule has 0 aromatic carbocycles. The second-order valence-corrected chi connectivity index (χ2v) is 5.64. The Labute approximate surface area is 113 Å². The minimum Gasteiger partial charge on any atom is -0.312 e. The molecule has 0 aliphatic heterocycles. The number of aromatic nitrogens is 2. The van der Waals surface area contributed by atoms with E-state index in [0.29, 0.717) is 12.6 Å². The van der Waals surface area contributed by atoms with Crippen molar-refractivity contribution < 1.29 is 4.92 Å². The van der Waals surface area contributed by atoms with E-state index in [1.807, 2.05) is 0 Å². The van der Waals surface area contributed by atoms with Crippen molar-refractivity contribution in [2.45, 2.75) is 45.7 Å². The third kappa shape index (κ3) is 3.76. The van der Waals surface area contributed by atoms with E-state index < -0.39 is 4.92 Å². The SMILES string of the molecule is C[C@@H]1CC[C@@H](NCCn2cc([N+](=O)[O-])cn2)C[C@@H]1C. The van der Waals surface area contributed by atoms with Crippen LogP contribution in [0.15, 0.2) is 12.4 Å². The first-order chi connectivity index (χ1) is 9.06. The van der Waals surface area contributed by atoms with E-state index in [1.165, 1.54) is 31.7 Å². The fourth-order valence-electron chi connectivity index (χ4n) is 2.69. The maximum absolute atomic E-state index is 10.5. The molecule has 0 amide bonds. The smallest absolute Gasteiger partial charge is 0.306 e. The first kappa shape index (κ1) is 14.0. The van der Waals surface area contributed by atoms with Crippen molar-refractivity contribution in [1.82, 2.24) is 15.1 Å². The lowest BCUT2D eigenvalue weighted by molar-refractivity contribution is -0.385. The Balaban J connectivity index is 1.72. The molecule has 19 heavy (non-hydrogen) atoms. The first-order valence-corrected chi connectivity index (χ1v) is 6.96. The quantitative estimate of drug-likeness (QED) is 0.655. The average molecular weight is 266 g/mol.